The molecule has 1 N–H and O–H groups in total. The highest BCUT2D eigenvalue weighted by molar-refractivity contribution is 7.89. The predicted octanol–water partition coefficient (Wildman–Crippen LogP) is 2.02. The lowest BCUT2D eigenvalue weighted by molar-refractivity contribution is 0.0685. The molecule has 0 aliphatic rings. The number of carboxylic acid groups (broad SMARTS) is 1. The van der Waals surface area contributed by atoms with Crippen LogP contribution < -0.4 is 0 Å². The van der Waals surface area contributed by atoms with Crippen LogP contribution >= 0.6 is 0 Å². The maximum Gasteiger partial charge on any atom is 0.352 e. The molecule has 0 aliphatic carbocycles. The maximum absolute atomic E-state index is 12.5. The lowest BCUT2D eigenvalue weighted by Crippen LogP contribution is -2.31. The minimum absolute atomic E-state index is 0.0120. The van der Waals surface area contributed by atoms with E-state index in [4.69, 9.17) is 5.11 Å². The average molecular weight is 302 g/mol. The van der Waals surface area contributed by atoms with Crippen LogP contribution in [0.1, 0.15) is 44.1 Å². The third-order valence-electron chi connectivity index (χ3n) is 3.02. The number of sulfonamides is 1. The van der Waals surface area contributed by atoms with Gasteiger partial charge >= 0.3 is 5.97 Å². The first-order chi connectivity index (χ1) is 9.38. The standard InChI is InChI=1S/C13H22N2O4S/c1-4-7-14-10-11(9-12(14)13(16)17)20(18,19)15(6-3)8-5-2/h9-10H,4-8H2,1-3H3,(H,16,17). The van der Waals surface area contributed by atoms with Crippen LogP contribution in [0.5, 0.6) is 0 Å². The fraction of sp³-hybridized carbons (Fsp3) is 0.615. The Labute approximate surface area is 120 Å². The maximum atomic E-state index is 12.5. The molecule has 1 heterocycles. The molecule has 0 spiro atoms. The Morgan fingerprint density at radius 2 is 1.95 bits per heavy atom. The zero-order valence-electron chi connectivity index (χ0n) is 12.2. The Morgan fingerprint density at radius 1 is 1.30 bits per heavy atom. The van der Waals surface area contributed by atoms with Crippen molar-refractivity contribution < 1.29 is 18.3 Å². The van der Waals surface area contributed by atoms with E-state index >= 15 is 0 Å². The van der Waals surface area contributed by atoms with Gasteiger partial charge in [-0.25, -0.2) is 13.2 Å². The SMILES string of the molecule is CCCN(CC)S(=O)(=O)c1cc(C(=O)O)n(CCC)c1. The number of hydrogen-bond acceptors (Lipinski definition) is 3. The number of carbonyl (C=O) groups is 1. The summed E-state index contributed by atoms with van der Waals surface area (Å²) in [6.07, 6.45) is 2.87. The first-order valence-electron chi connectivity index (χ1n) is 6.82. The van der Waals surface area contributed by atoms with Gasteiger partial charge in [0.05, 0.1) is 0 Å². The summed E-state index contributed by atoms with van der Waals surface area (Å²) in [7, 11) is -3.62. The summed E-state index contributed by atoms with van der Waals surface area (Å²) in [6, 6.07) is 1.24. The molecule has 7 heteroatoms. The van der Waals surface area contributed by atoms with Crippen molar-refractivity contribution in [2.45, 2.75) is 45.1 Å². The van der Waals surface area contributed by atoms with Gasteiger partial charge < -0.3 is 9.67 Å². The largest absolute Gasteiger partial charge is 0.477 e. The van der Waals surface area contributed by atoms with E-state index in [-0.39, 0.29) is 10.6 Å². The fourth-order valence-electron chi connectivity index (χ4n) is 2.08. The van der Waals surface area contributed by atoms with Crippen LogP contribution in [0.15, 0.2) is 17.2 Å². The molecule has 1 aromatic rings. The zero-order chi connectivity index (χ0) is 15.3. The fourth-order valence-corrected chi connectivity index (χ4v) is 3.66. The van der Waals surface area contributed by atoms with Crippen LogP contribution in [0.4, 0.5) is 0 Å². The van der Waals surface area contributed by atoms with E-state index in [9.17, 15) is 13.2 Å². The second kappa shape index (κ2) is 6.90. The summed E-state index contributed by atoms with van der Waals surface area (Å²) in [5.74, 6) is -1.11. The van der Waals surface area contributed by atoms with E-state index in [1.54, 1.807) is 6.92 Å². The molecule has 0 bridgehead atoms. The number of carboxylic acids is 1. The second-order valence-corrected chi connectivity index (χ2v) is 6.49. The molecule has 0 amide bonds. The number of aromatic carboxylic acids is 1. The van der Waals surface area contributed by atoms with Crippen molar-refractivity contribution in [2.24, 2.45) is 0 Å². The van der Waals surface area contributed by atoms with Crippen LogP contribution in [0.25, 0.3) is 0 Å². The summed E-state index contributed by atoms with van der Waals surface area (Å²) in [4.78, 5) is 11.2. The van der Waals surface area contributed by atoms with E-state index in [1.165, 1.54) is 21.1 Å². The molecular weight excluding hydrogens is 280 g/mol. The summed E-state index contributed by atoms with van der Waals surface area (Å²) in [5, 5.41) is 9.14. The van der Waals surface area contributed by atoms with Crippen molar-refractivity contribution in [1.82, 2.24) is 8.87 Å². The average Bonchev–Trinajstić information content (AvgIpc) is 2.81. The van der Waals surface area contributed by atoms with Gasteiger partial charge in [0.25, 0.3) is 0 Å². The Hall–Kier alpha value is -1.34. The highest BCUT2D eigenvalue weighted by Gasteiger charge is 2.26. The molecule has 0 saturated heterocycles. The van der Waals surface area contributed by atoms with E-state index in [2.05, 4.69) is 0 Å². The first kappa shape index (κ1) is 16.7. The minimum Gasteiger partial charge on any atom is -0.477 e. The zero-order valence-corrected chi connectivity index (χ0v) is 13.0. The van der Waals surface area contributed by atoms with Crippen LogP contribution in [0.3, 0.4) is 0 Å². The number of aromatic nitrogens is 1. The van der Waals surface area contributed by atoms with E-state index in [0.29, 0.717) is 26.1 Å². The molecule has 0 fully saturated rings. The van der Waals surface area contributed by atoms with E-state index in [1.807, 2.05) is 13.8 Å². The Morgan fingerprint density at radius 3 is 2.40 bits per heavy atom. The lowest BCUT2D eigenvalue weighted by atomic mass is 10.4. The lowest BCUT2D eigenvalue weighted by Gasteiger charge is -2.18. The quantitative estimate of drug-likeness (QED) is 0.796. The van der Waals surface area contributed by atoms with Crippen molar-refractivity contribution in [1.29, 1.82) is 0 Å². The minimum atomic E-state index is -3.62. The van der Waals surface area contributed by atoms with Gasteiger partial charge in [-0.2, -0.15) is 4.31 Å². The Kier molecular flexibility index (Phi) is 5.76. The molecule has 20 heavy (non-hydrogen) atoms. The third-order valence-corrected chi connectivity index (χ3v) is 4.96. The normalized spacial score (nSPS) is 12.0. The monoisotopic (exact) mass is 302 g/mol. The molecule has 0 unspecified atom stereocenters. The van der Waals surface area contributed by atoms with Gasteiger partial charge in [0.2, 0.25) is 10.0 Å². The molecule has 6 nitrogen and oxygen atoms in total. The van der Waals surface area contributed by atoms with Gasteiger partial charge in [0.15, 0.2) is 0 Å². The van der Waals surface area contributed by atoms with Gasteiger partial charge in [0, 0.05) is 25.8 Å². The Bertz CT molecular complexity index is 563. The molecule has 1 rings (SSSR count). The van der Waals surface area contributed by atoms with Crippen LogP contribution in [0, 0.1) is 0 Å². The van der Waals surface area contributed by atoms with Crippen LogP contribution in [0.2, 0.25) is 0 Å². The summed E-state index contributed by atoms with van der Waals surface area (Å²) < 4.78 is 27.8. The summed E-state index contributed by atoms with van der Waals surface area (Å²) >= 11 is 0. The van der Waals surface area contributed by atoms with E-state index < -0.39 is 16.0 Å². The topological polar surface area (TPSA) is 79.6 Å². The molecule has 1 aromatic heterocycles. The Balaban J connectivity index is 3.25. The van der Waals surface area contributed by atoms with Gasteiger partial charge in [-0.15, -0.1) is 0 Å². The smallest absolute Gasteiger partial charge is 0.352 e. The van der Waals surface area contributed by atoms with Crippen LogP contribution in [-0.4, -0.2) is 41.5 Å². The second-order valence-electron chi connectivity index (χ2n) is 4.56. The molecular formula is C13H22N2O4S. The number of aryl methyl sites for hydroxylation is 1. The molecule has 0 aromatic carbocycles. The van der Waals surface area contributed by atoms with Crippen molar-refractivity contribution in [2.75, 3.05) is 13.1 Å². The van der Waals surface area contributed by atoms with Crippen molar-refractivity contribution in [3.05, 3.63) is 18.0 Å². The van der Waals surface area contributed by atoms with Gasteiger partial charge in [-0.1, -0.05) is 20.8 Å². The predicted molar refractivity (Wildman–Crippen MR) is 76.4 cm³/mol. The van der Waals surface area contributed by atoms with E-state index in [0.717, 1.165) is 6.42 Å². The summed E-state index contributed by atoms with van der Waals surface area (Å²) in [6.45, 7) is 6.88. The first-order valence-corrected chi connectivity index (χ1v) is 8.26. The number of rotatable bonds is 8. The van der Waals surface area contributed by atoms with Gasteiger partial charge in [-0.3, -0.25) is 0 Å². The van der Waals surface area contributed by atoms with Gasteiger partial charge in [0.1, 0.15) is 10.6 Å². The molecule has 0 radical (unpaired) electrons. The number of nitrogens with zero attached hydrogens (tertiary/aromatic N) is 2. The highest BCUT2D eigenvalue weighted by Crippen LogP contribution is 2.20. The van der Waals surface area contributed by atoms with Crippen LogP contribution in [-0.2, 0) is 16.6 Å². The third kappa shape index (κ3) is 3.40. The molecule has 0 atom stereocenters. The van der Waals surface area contributed by atoms with Crippen molar-refractivity contribution in [3.63, 3.8) is 0 Å². The van der Waals surface area contributed by atoms with Crippen molar-refractivity contribution >= 4 is 16.0 Å². The number of hydrogen-bond donors (Lipinski definition) is 1. The molecule has 0 aliphatic heterocycles. The van der Waals surface area contributed by atoms with Crippen molar-refractivity contribution in [3.8, 4) is 0 Å². The highest BCUT2D eigenvalue weighted by atomic mass is 32.2. The molecule has 114 valence electrons. The molecule has 0 saturated carbocycles. The summed E-state index contributed by atoms with van der Waals surface area (Å²) in [5.41, 5.74) is 0.0120. The van der Waals surface area contributed by atoms with Gasteiger partial charge in [-0.05, 0) is 18.9 Å².